The zero-order valence-corrected chi connectivity index (χ0v) is 19.4. The first-order chi connectivity index (χ1) is 14.9. The summed E-state index contributed by atoms with van der Waals surface area (Å²) in [5.74, 6) is 1.03. The highest BCUT2D eigenvalue weighted by Gasteiger charge is 2.32. The molecule has 0 unspecified atom stereocenters. The lowest BCUT2D eigenvalue weighted by Crippen LogP contribution is -2.15. The Hall–Kier alpha value is -2.55. The highest BCUT2D eigenvalue weighted by molar-refractivity contribution is 7.15. The number of fused-ring (bicyclic) bond motifs is 3. The number of hydrogen-bond acceptors (Lipinski definition) is 7. The first kappa shape index (κ1) is 21.7. The fourth-order valence-corrected chi connectivity index (χ4v) is 4.93. The summed E-state index contributed by atoms with van der Waals surface area (Å²) < 4.78 is 12.3. The number of esters is 1. The van der Waals surface area contributed by atoms with Gasteiger partial charge in [0.15, 0.2) is 5.82 Å². The van der Waals surface area contributed by atoms with Gasteiger partial charge in [0.1, 0.15) is 23.5 Å². The van der Waals surface area contributed by atoms with Crippen LogP contribution in [0.15, 0.2) is 29.3 Å². The van der Waals surface area contributed by atoms with E-state index >= 15 is 0 Å². The minimum Gasteiger partial charge on any atom is -0.463 e. The van der Waals surface area contributed by atoms with E-state index in [-0.39, 0.29) is 19.0 Å². The van der Waals surface area contributed by atoms with Gasteiger partial charge in [-0.3, -0.25) is 14.4 Å². The SMILES string of the molecule is COCCOC(=O)C[C@H]1N=C(c2ccc(Cl)cc2)c2c(sc(C)c2C)-n2c(C)nnc21. The quantitative estimate of drug-likeness (QED) is 0.404. The summed E-state index contributed by atoms with van der Waals surface area (Å²) >= 11 is 7.80. The Balaban J connectivity index is 1.85. The molecule has 0 N–H and O–H groups in total. The molecule has 0 aliphatic carbocycles. The molecule has 1 atom stereocenters. The number of aryl methyl sites for hydroxylation is 2. The van der Waals surface area contributed by atoms with Crippen molar-refractivity contribution >= 4 is 34.6 Å². The van der Waals surface area contributed by atoms with E-state index in [0.717, 1.165) is 33.2 Å². The average molecular weight is 459 g/mol. The molecule has 7 nitrogen and oxygen atoms in total. The number of nitrogens with zero attached hydrogens (tertiary/aromatic N) is 4. The normalized spacial score (nSPS) is 15.1. The van der Waals surface area contributed by atoms with Crippen molar-refractivity contribution in [1.29, 1.82) is 0 Å². The third-order valence-electron chi connectivity index (χ3n) is 5.27. The molecule has 3 heterocycles. The highest BCUT2D eigenvalue weighted by Crippen LogP contribution is 2.39. The summed E-state index contributed by atoms with van der Waals surface area (Å²) in [6, 6.07) is 7.06. The Morgan fingerprint density at radius 3 is 2.61 bits per heavy atom. The van der Waals surface area contributed by atoms with Gasteiger partial charge in [-0.15, -0.1) is 21.5 Å². The molecule has 0 amide bonds. The van der Waals surface area contributed by atoms with Gasteiger partial charge in [-0.05, 0) is 38.5 Å². The van der Waals surface area contributed by atoms with Crippen molar-refractivity contribution in [2.24, 2.45) is 4.99 Å². The van der Waals surface area contributed by atoms with E-state index in [0.29, 0.717) is 17.5 Å². The van der Waals surface area contributed by atoms with Gasteiger partial charge in [-0.2, -0.15) is 0 Å². The molecule has 2 aromatic heterocycles. The molecule has 1 aliphatic rings. The van der Waals surface area contributed by atoms with Gasteiger partial charge < -0.3 is 9.47 Å². The lowest BCUT2D eigenvalue weighted by molar-refractivity contribution is -0.145. The van der Waals surface area contributed by atoms with Crippen LogP contribution >= 0.6 is 22.9 Å². The summed E-state index contributed by atoms with van der Waals surface area (Å²) in [7, 11) is 1.57. The van der Waals surface area contributed by atoms with Gasteiger partial charge in [-0.25, -0.2) is 0 Å². The lowest BCUT2D eigenvalue weighted by atomic mass is 9.99. The van der Waals surface area contributed by atoms with Crippen LogP contribution in [0.3, 0.4) is 0 Å². The first-order valence-electron chi connectivity index (χ1n) is 9.91. The second-order valence-electron chi connectivity index (χ2n) is 7.32. The van der Waals surface area contributed by atoms with E-state index < -0.39 is 6.04 Å². The Morgan fingerprint density at radius 2 is 1.90 bits per heavy atom. The van der Waals surface area contributed by atoms with E-state index in [1.54, 1.807) is 18.4 Å². The fourth-order valence-electron chi connectivity index (χ4n) is 3.59. The number of methoxy groups -OCH3 is 1. The second-order valence-corrected chi connectivity index (χ2v) is 8.96. The third-order valence-corrected chi connectivity index (χ3v) is 6.71. The van der Waals surface area contributed by atoms with Crippen LogP contribution in [0.2, 0.25) is 5.02 Å². The maximum absolute atomic E-state index is 12.5. The number of aliphatic imine (C=N–C) groups is 1. The zero-order valence-electron chi connectivity index (χ0n) is 17.8. The first-order valence-corrected chi connectivity index (χ1v) is 11.1. The third kappa shape index (κ3) is 4.15. The van der Waals surface area contributed by atoms with E-state index in [9.17, 15) is 4.79 Å². The monoisotopic (exact) mass is 458 g/mol. The number of ether oxygens (including phenoxy) is 2. The number of halogens is 1. The summed E-state index contributed by atoms with van der Waals surface area (Å²) in [6.45, 7) is 6.65. The molecule has 0 saturated carbocycles. The van der Waals surface area contributed by atoms with Crippen molar-refractivity contribution in [3.8, 4) is 5.00 Å². The maximum atomic E-state index is 12.5. The molecule has 0 saturated heterocycles. The Labute approximate surface area is 189 Å². The molecule has 1 aromatic carbocycles. The summed E-state index contributed by atoms with van der Waals surface area (Å²) in [5.41, 5.74) is 3.93. The van der Waals surface area contributed by atoms with Crippen LogP contribution in [-0.4, -0.2) is 46.8 Å². The van der Waals surface area contributed by atoms with Crippen molar-refractivity contribution in [3.63, 3.8) is 0 Å². The van der Waals surface area contributed by atoms with E-state index in [2.05, 4.69) is 24.0 Å². The van der Waals surface area contributed by atoms with Crippen LogP contribution in [0.1, 0.15) is 45.7 Å². The summed E-state index contributed by atoms with van der Waals surface area (Å²) in [5, 5.41) is 10.3. The molecular weight excluding hydrogens is 436 g/mol. The van der Waals surface area contributed by atoms with Crippen LogP contribution in [0.4, 0.5) is 0 Å². The molecule has 31 heavy (non-hydrogen) atoms. The predicted molar refractivity (Wildman–Crippen MR) is 121 cm³/mol. The van der Waals surface area contributed by atoms with Crippen molar-refractivity contribution < 1.29 is 14.3 Å². The standard InChI is InChI=1S/C22H23ClN4O3S/c1-12-13(2)31-22-19(12)20(15-5-7-16(23)8-6-15)24-17(11-18(28)30-10-9-29-4)21-26-25-14(3)27(21)22/h5-8,17H,9-11H2,1-4H3/t17-/m1/s1. The molecule has 0 radical (unpaired) electrons. The van der Waals surface area contributed by atoms with E-state index in [4.69, 9.17) is 26.1 Å². The largest absolute Gasteiger partial charge is 0.463 e. The molecule has 4 rings (SSSR count). The van der Waals surface area contributed by atoms with Crippen molar-refractivity contribution in [2.75, 3.05) is 20.3 Å². The van der Waals surface area contributed by atoms with Gasteiger partial charge in [0.25, 0.3) is 0 Å². The molecule has 0 spiro atoms. The van der Waals surface area contributed by atoms with E-state index in [1.807, 2.05) is 35.8 Å². The molecule has 0 fully saturated rings. The molecular formula is C22H23ClN4O3S. The van der Waals surface area contributed by atoms with Crippen LogP contribution < -0.4 is 0 Å². The number of carbonyl (C=O) groups is 1. The molecule has 1 aliphatic heterocycles. The number of benzene rings is 1. The van der Waals surface area contributed by atoms with Crippen LogP contribution in [0.5, 0.6) is 0 Å². The van der Waals surface area contributed by atoms with Crippen LogP contribution in [-0.2, 0) is 14.3 Å². The maximum Gasteiger partial charge on any atom is 0.308 e. The van der Waals surface area contributed by atoms with Gasteiger partial charge in [0, 0.05) is 28.1 Å². The molecule has 0 bridgehead atoms. The number of hydrogen-bond donors (Lipinski definition) is 0. The van der Waals surface area contributed by atoms with Gasteiger partial charge in [0.2, 0.25) is 0 Å². The lowest BCUT2D eigenvalue weighted by Gasteiger charge is -2.12. The fraction of sp³-hybridized carbons (Fsp3) is 0.364. The van der Waals surface area contributed by atoms with Crippen molar-refractivity contribution in [2.45, 2.75) is 33.2 Å². The highest BCUT2D eigenvalue weighted by atomic mass is 35.5. The number of thiophene rings is 1. The molecule has 162 valence electrons. The zero-order chi connectivity index (χ0) is 22.1. The van der Waals surface area contributed by atoms with Crippen LogP contribution in [0, 0.1) is 20.8 Å². The van der Waals surface area contributed by atoms with E-state index in [1.165, 1.54) is 4.88 Å². The Kier molecular flexibility index (Phi) is 6.22. The van der Waals surface area contributed by atoms with Crippen LogP contribution in [0.25, 0.3) is 5.00 Å². The number of aromatic nitrogens is 3. The minimum absolute atomic E-state index is 0.0614. The Bertz CT molecular complexity index is 1150. The topological polar surface area (TPSA) is 78.6 Å². The summed E-state index contributed by atoms with van der Waals surface area (Å²) in [4.78, 5) is 18.8. The smallest absolute Gasteiger partial charge is 0.308 e. The minimum atomic E-state index is -0.527. The average Bonchev–Trinajstić information content (AvgIpc) is 3.21. The molecule has 3 aromatic rings. The molecule has 9 heteroatoms. The number of rotatable bonds is 6. The van der Waals surface area contributed by atoms with Gasteiger partial charge in [-0.1, -0.05) is 23.7 Å². The predicted octanol–water partition coefficient (Wildman–Crippen LogP) is 4.38. The van der Waals surface area contributed by atoms with Crippen molar-refractivity contribution in [3.05, 3.63) is 62.5 Å². The number of carbonyl (C=O) groups excluding carboxylic acids is 1. The van der Waals surface area contributed by atoms with Gasteiger partial charge >= 0.3 is 5.97 Å². The Morgan fingerprint density at radius 1 is 1.16 bits per heavy atom. The van der Waals surface area contributed by atoms with Gasteiger partial charge in [0.05, 0.1) is 18.7 Å². The van der Waals surface area contributed by atoms with Crippen molar-refractivity contribution in [1.82, 2.24) is 14.8 Å². The summed E-state index contributed by atoms with van der Waals surface area (Å²) in [6.07, 6.45) is 0.0614. The second kappa shape index (κ2) is 8.90.